The van der Waals surface area contributed by atoms with E-state index in [4.69, 9.17) is 5.73 Å². The minimum atomic E-state index is -0.190. The molecule has 3 aromatic rings. The number of piperazine rings is 1. The Balaban J connectivity index is 0.000000564. The van der Waals surface area contributed by atoms with Crippen LogP contribution in [-0.2, 0) is 20.8 Å². The number of aldehydes is 2. The number of aliphatic imine (C=N–C) groups is 1. The molecule has 0 radical (unpaired) electrons. The highest BCUT2D eigenvalue weighted by Crippen LogP contribution is 2.36. The van der Waals surface area contributed by atoms with Gasteiger partial charge in [-0.1, -0.05) is 129 Å². The molecule has 11 nitrogen and oxygen atoms in total. The average Bonchev–Trinajstić information content (AvgIpc) is 3.83. The number of amides is 1. The van der Waals surface area contributed by atoms with E-state index < -0.39 is 0 Å². The number of nitrogens with zero attached hydrogens (tertiary/aromatic N) is 4. The second-order valence-corrected chi connectivity index (χ2v) is 18.6. The fourth-order valence-electron chi connectivity index (χ4n) is 7.01. The maximum atomic E-state index is 10.4. The highest BCUT2D eigenvalue weighted by Gasteiger charge is 2.20. The summed E-state index contributed by atoms with van der Waals surface area (Å²) >= 11 is 3.77. The van der Waals surface area contributed by atoms with Crippen LogP contribution in [0.1, 0.15) is 76.0 Å². The Morgan fingerprint density at radius 1 is 0.899 bits per heavy atom. The molecule has 0 bridgehead atoms. The monoisotopic (exact) mass is 981 g/mol. The second-order valence-electron chi connectivity index (χ2n) is 16.2. The Kier molecular flexibility index (Phi) is 36.9. The molecular formula is C56H84N8O3S2. The van der Waals surface area contributed by atoms with Crippen LogP contribution in [0.4, 0.5) is 0 Å². The summed E-state index contributed by atoms with van der Waals surface area (Å²) in [5.74, 6) is 0.852. The zero-order chi connectivity index (χ0) is 50.9. The van der Waals surface area contributed by atoms with E-state index in [0.29, 0.717) is 24.6 Å². The first-order valence-electron chi connectivity index (χ1n) is 24.2. The summed E-state index contributed by atoms with van der Waals surface area (Å²) in [5.41, 5.74) is 16.6. The molecule has 6 N–H and O–H groups in total. The molecule has 378 valence electrons. The van der Waals surface area contributed by atoms with Crippen molar-refractivity contribution in [3.63, 3.8) is 0 Å². The predicted octanol–water partition coefficient (Wildman–Crippen LogP) is 9.54. The lowest BCUT2D eigenvalue weighted by Crippen LogP contribution is -2.43. The highest BCUT2D eigenvalue weighted by atomic mass is 32.2. The summed E-state index contributed by atoms with van der Waals surface area (Å²) in [5, 5.41) is 7.23. The summed E-state index contributed by atoms with van der Waals surface area (Å²) in [7, 11) is 5.88. The molecule has 2 heterocycles. The van der Waals surface area contributed by atoms with Gasteiger partial charge in [-0.2, -0.15) is 0 Å². The van der Waals surface area contributed by atoms with Crippen molar-refractivity contribution < 1.29 is 14.4 Å². The minimum Gasteiger partial charge on any atom is -0.377 e. The first kappa shape index (κ1) is 62.2. The van der Waals surface area contributed by atoms with Crippen LogP contribution < -0.4 is 22.1 Å². The molecule has 69 heavy (non-hydrogen) atoms. The number of thioether (sulfide) groups is 2. The molecule has 1 amide bonds. The molecular weight excluding hydrogens is 897 g/mol. The number of benzene rings is 3. The van der Waals surface area contributed by atoms with Gasteiger partial charge in [0.15, 0.2) is 0 Å². The van der Waals surface area contributed by atoms with E-state index in [-0.39, 0.29) is 5.91 Å². The van der Waals surface area contributed by atoms with Gasteiger partial charge in [0.25, 0.3) is 0 Å². The van der Waals surface area contributed by atoms with E-state index in [0.717, 1.165) is 101 Å². The number of carbonyl (C=O) groups excluding carboxylic acids is 3. The van der Waals surface area contributed by atoms with Gasteiger partial charge in [0.05, 0.1) is 5.37 Å². The lowest BCUT2D eigenvalue weighted by atomic mass is 10.0. The molecule has 0 aromatic heterocycles. The predicted molar refractivity (Wildman–Crippen MR) is 302 cm³/mol. The van der Waals surface area contributed by atoms with E-state index >= 15 is 0 Å². The third kappa shape index (κ3) is 29.0. The third-order valence-electron chi connectivity index (χ3n) is 10.5. The number of hydrogen-bond donors (Lipinski definition) is 4. The van der Waals surface area contributed by atoms with Crippen molar-refractivity contribution in [2.45, 2.75) is 71.1 Å². The van der Waals surface area contributed by atoms with Crippen molar-refractivity contribution in [2.24, 2.45) is 16.5 Å². The summed E-state index contributed by atoms with van der Waals surface area (Å²) < 4.78 is 0. The highest BCUT2D eigenvalue weighted by molar-refractivity contribution is 8.09. The molecule has 1 saturated heterocycles. The molecule has 13 heteroatoms. The Bertz CT molecular complexity index is 1960. The first-order chi connectivity index (χ1) is 33.6. The van der Waals surface area contributed by atoms with Gasteiger partial charge < -0.3 is 46.4 Å². The number of allylic oxidation sites excluding steroid dienone is 5. The van der Waals surface area contributed by atoms with Crippen molar-refractivity contribution in [3.05, 3.63) is 144 Å². The molecule has 3 aromatic carbocycles. The van der Waals surface area contributed by atoms with E-state index in [1.165, 1.54) is 52.0 Å². The zero-order valence-corrected chi connectivity index (χ0v) is 44.3. The van der Waals surface area contributed by atoms with Crippen molar-refractivity contribution in [2.75, 3.05) is 85.8 Å². The Labute approximate surface area is 425 Å². The molecule has 1 atom stereocenters. The van der Waals surface area contributed by atoms with Gasteiger partial charge in [-0.05, 0) is 113 Å². The molecule has 0 aliphatic carbocycles. The number of nitrogens with two attached hydrogens (primary N) is 2. The van der Waals surface area contributed by atoms with E-state index in [2.05, 4.69) is 132 Å². The van der Waals surface area contributed by atoms with E-state index in [1.807, 2.05) is 91.3 Å². The van der Waals surface area contributed by atoms with Crippen LogP contribution in [0.5, 0.6) is 0 Å². The van der Waals surface area contributed by atoms with Crippen LogP contribution in [0.15, 0.2) is 133 Å². The van der Waals surface area contributed by atoms with Crippen molar-refractivity contribution in [1.29, 1.82) is 0 Å². The van der Waals surface area contributed by atoms with Gasteiger partial charge in [0.1, 0.15) is 12.6 Å². The topological polar surface area (TPSA) is 149 Å². The number of likely N-dealkylation sites (N-methyl/N-ethyl adjacent to an activating group) is 1. The van der Waals surface area contributed by atoms with Crippen molar-refractivity contribution >= 4 is 58.5 Å². The molecule has 1 unspecified atom stereocenters. The SMILES string of the molecule is C=CC/C=C(\C=C/C)CC=O.C=N/C=C(\SCCN(C)CCC)c1ccc(-c2ccc(C3=CNC(CN(C)CCC)S3)cc2)cc1.CN.NC(=O)CCCN1CCNCC1.O=CCc1ccccc1. The van der Waals surface area contributed by atoms with Crippen LogP contribution in [0.2, 0.25) is 0 Å². The van der Waals surface area contributed by atoms with Crippen LogP contribution in [0, 0.1) is 0 Å². The molecule has 2 aliphatic heterocycles. The Hall–Kier alpha value is -4.86. The molecule has 0 spiro atoms. The maximum Gasteiger partial charge on any atom is 0.217 e. The lowest BCUT2D eigenvalue weighted by Gasteiger charge is -2.26. The largest absolute Gasteiger partial charge is 0.377 e. The standard InChI is InChI=1S/C29H40N4S2.C10H14O.C8H17N3O.C8H8O.CH5N/c1-6-16-32(4)18-19-34-27(20-30-3)25-12-8-23(9-13-25)24-10-14-26(15-11-24)28-21-31-29(35-28)22-33(5)17-7-2;1-3-5-7-10(6-4-2)8-9-11;9-8(12)2-1-5-11-6-3-10-4-7-11;9-7-6-8-4-2-1-3-5-8;1-2/h8-15,20-21,29,31H,3,6-7,16-19,22H2,1-2,4-5H3;3-4,6-7,9H,1,5,8H2,2H3;10H,1-7H2,(H2,9,12);1-5,7H,6H2;2H2,1H3/b27-20-;6-4-,10-7+;;;. The summed E-state index contributed by atoms with van der Waals surface area (Å²) in [6.45, 7) is 23.4. The van der Waals surface area contributed by atoms with Gasteiger partial charge >= 0.3 is 0 Å². The van der Waals surface area contributed by atoms with Crippen LogP contribution >= 0.6 is 23.5 Å². The normalized spacial score (nSPS) is 14.6. The quantitative estimate of drug-likeness (QED) is 0.0278. The van der Waals surface area contributed by atoms with Gasteiger partial charge in [0, 0.05) is 86.5 Å². The summed E-state index contributed by atoms with van der Waals surface area (Å²) in [6.07, 6.45) is 19.2. The van der Waals surface area contributed by atoms with Gasteiger partial charge in [-0.15, -0.1) is 18.3 Å². The average molecular weight is 981 g/mol. The number of hydrogen-bond acceptors (Lipinski definition) is 12. The Morgan fingerprint density at radius 2 is 1.52 bits per heavy atom. The van der Waals surface area contributed by atoms with Gasteiger partial charge in [0.2, 0.25) is 5.91 Å². The van der Waals surface area contributed by atoms with Crippen LogP contribution in [0.25, 0.3) is 20.9 Å². The van der Waals surface area contributed by atoms with Crippen LogP contribution in [0.3, 0.4) is 0 Å². The smallest absolute Gasteiger partial charge is 0.217 e. The number of carbonyl (C=O) groups is 3. The zero-order valence-electron chi connectivity index (χ0n) is 42.6. The number of rotatable bonds is 25. The fourth-order valence-corrected chi connectivity index (χ4v) is 9.27. The fraction of sp³-hybridized carbons (Fsp3) is 0.429. The maximum absolute atomic E-state index is 10.4. The molecule has 1 fully saturated rings. The van der Waals surface area contributed by atoms with Crippen LogP contribution in [-0.4, -0.2) is 131 Å². The first-order valence-corrected chi connectivity index (χ1v) is 26.1. The summed E-state index contributed by atoms with van der Waals surface area (Å²) in [6, 6.07) is 27.4. The Morgan fingerprint density at radius 3 is 2.09 bits per heavy atom. The minimum absolute atomic E-state index is 0.190. The van der Waals surface area contributed by atoms with Crippen molar-refractivity contribution in [3.8, 4) is 11.1 Å². The summed E-state index contributed by atoms with van der Waals surface area (Å²) in [4.78, 5) is 44.2. The van der Waals surface area contributed by atoms with Gasteiger partial charge in [-0.3, -0.25) is 9.79 Å². The second kappa shape index (κ2) is 41.0. The number of primary amides is 1. The molecule has 2 aliphatic rings. The third-order valence-corrected chi connectivity index (χ3v) is 12.7. The van der Waals surface area contributed by atoms with Crippen molar-refractivity contribution in [1.82, 2.24) is 25.3 Å². The van der Waals surface area contributed by atoms with E-state index in [9.17, 15) is 14.4 Å². The van der Waals surface area contributed by atoms with E-state index in [1.54, 1.807) is 0 Å². The van der Waals surface area contributed by atoms with Gasteiger partial charge in [-0.25, -0.2) is 0 Å². The lowest BCUT2D eigenvalue weighted by molar-refractivity contribution is -0.118. The molecule has 0 saturated carbocycles. The molecule has 5 rings (SSSR count). The number of nitrogens with one attached hydrogen (secondary N) is 2.